The van der Waals surface area contributed by atoms with Crippen LogP contribution in [0.15, 0.2) is 0 Å². The largest absolute Gasteiger partial charge is 0.338 e. The average Bonchev–Trinajstić information content (AvgIpc) is 2.63. The first-order valence-electron chi connectivity index (χ1n) is 5.74. The van der Waals surface area contributed by atoms with Crippen LogP contribution >= 0.6 is 0 Å². The molecule has 6 nitrogen and oxygen atoms in total. The van der Waals surface area contributed by atoms with Crippen LogP contribution in [0.1, 0.15) is 5.82 Å². The van der Waals surface area contributed by atoms with Crippen LogP contribution in [0.3, 0.4) is 0 Å². The third-order valence-corrected chi connectivity index (χ3v) is 3.10. The van der Waals surface area contributed by atoms with Crippen molar-refractivity contribution in [3.63, 3.8) is 0 Å². The molecular formula is C10H20N6. The number of nitrogens with two attached hydrogens (primary N) is 1. The Kier molecular flexibility index (Phi) is 3.40. The van der Waals surface area contributed by atoms with Crippen LogP contribution in [0.4, 0.5) is 5.95 Å². The molecule has 16 heavy (non-hydrogen) atoms. The van der Waals surface area contributed by atoms with Gasteiger partial charge in [0.25, 0.3) is 0 Å². The van der Waals surface area contributed by atoms with Crippen molar-refractivity contribution in [1.82, 2.24) is 19.7 Å². The lowest BCUT2D eigenvalue weighted by atomic mass is 10.3. The van der Waals surface area contributed by atoms with E-state index in [1.165, 1.54) is 0 Å². The predicted molar refractivity (Wildman–Crippen MR) is 63.5 cm³/mol. The fourth-order valence-electron chi connectivity index (χ4n) is 1.98. The highest BCUT2D eigenvalue weighted by Crippen LogP contribution is 2.13. The predicted octanol–water partition coefficient (Wildman–Crippen LogP) is -0.932. The average molecular weight is 224 g/mol. The molecule has 1 aliphatic heterocycles. The van der Waals surface area contributed by atoms with Crippen molar-refractivity contribution in [2.75, 3.05) is 44.7 Å². The first kappa shape index (κ1) is 11.3. The summed E-state index contributed by atoms with van der Waals surface area (Å²) in [7, 11) is 4.16. The molecule has 2 N–H and O–H groups in total. The topological polar surface area (TPSA) is 63.2 Å². The molecule has 90 valence electrons. The molecule has 1 saturated heterocycles. The molecule has 2 rings (SSSR count). The minimum atomic E-state index is 0.620. The molecule has 1 aromatic rings. The third kappa shape index (κ3) is 2.17. The lowest BCUT2D eigenvalue weighted by Gasteiger charge is -2.32. The summed E-state index contributed by atoms with van der Waals surface area (Å²) in [6.45, 7) is 4.82. The van der Waals surface area contributed by atoms with Gasteiger partial charge in [0, 0.05) is 39.6 Å². The molecule has 1 aliphatic rings. The van der Waals surface area contributed by atoms with Gasteiger partial charge in [0.1, 0.15) is 5.82 Å². The standard InChI is InChI=1S/C10H20N6/c1-14-5-7-16(8-6-14)10-13-12-9(3-4-11)15(10)2/h3-8,11H2,1-2H3. The summed E-state index contributed by atoms with van der Waals surface area (Å²) in [5.41, 5.74) is 5.53. The second-order valence-corrected chi connectivity index (χ2v) is 4.30. The Balaban J connectivity index is 2.09. The van der Waals surface area contributed by atoms with Gasteiger partial charge >= 0.3 is 0 Å². The van der Waals surface area contributed by atoms with Crippen LogP contribution in [0.5, 0.6) is 0 Å². The summed E-state index contributed by atoms with van der Waals surface area (Å²) in [6.07, 6.45) is 0.789. The minimum Gasteiger partial charge on any atom is -0.338 e. The normalized spacial score (nSPS) is 18.1. The zero-order chi connectivity index (χ0) is 11.5. The Labute approximate surface area is 96.0 Å². The number of nitrogens with zero attached hydrogens (tertiary/aromatic N) is 5. The van der Waals surface area contributed by atoms with Crippen LogP contribution in [0, 0.1) is 0 Å². The number of aromatic nitrogens is 3. The van der Waals surface area contributed by atoms with E-state index in [1.807, 2.05) is 7.05 Å². The van der Waals surface area contributed by atoms with E-state index < -0.39 is 0 Å². The van der Waals surface area contributed by atoms with Crippen LogP contribution < -0.4 is 10.6 Å². The summed E-state index contributed by atoms with van der Waals surface area (Å²) < 4.78 is 2.05. The fourth-order valence-corrected chi connectivity index (χ4v) is 1.98. The van der Waals surface area contributed by atoms with Gasteiger partial charge in [0.15, 0.2) is 0 Å². The van der Waals surface area contributed by atoms with E-state index in [0.717, 1.165) is 44.4 Å². The minimum absolute atomic E-state index is 0.620. The maximum Gasteiger partial charge on any atom is 0.227 e. The molecule has 0 saturated carbocycles. The number of piperazine rings is 1. The van der Waals surface area contributed by atoms with Gasteiger partial charge in [0.05, 0.1) is 0 Å². The first-order chi connectivity index (χ1) is 7.72. The summed E-state index contributed by atoms with van der Waals surface area (Å²) in [6, 6.07) is 0. The van der Waals surface area contributed by atoms with Crippen molar-refractivity contribution in [1.29, 1.82) is 0 Å². The lowest BCUT2D eigenvalue weighted by Crippen LogP contribution is -2.45. The molecule has 0 unspecified atom stereocenters. The molecule has 6 heteroatoms. The molecule has 0 spiro atoms. The van der Waals surface area contributed by atoms with Gasteiger partial charge in [-0.25, -0.2) is 0 Å². The number of anilines is 1. The van der Waals surface area contributed by atoms with Gasteiger partial charge < -0.3 is 20.1 Å². The smallest absolute Gasteiger partial charge is 0.227 e. The molecule has 1 aromatic heterocycles. The van der Waals surface area contributed by atoms with E-state index >= 15 is 0 Å². The highest BCUT2D eigenvalue weighted by molar-refractivity contribution is 5.31. The Hall–Kier alpha value is -1.14. The van der Waals surface area contributed by atoms with Gasteiger partial charge in [-0.1, -0.05) is 0 Å². The van der Waals surface area contributed by atoms with E-state index in [1.54, 1.807) is 0 Å². The van der Waals surface area contributed by atoms with Gasteiger partial charge in [-0.15, -0.1) is 10.2 Å². The number of likely N-dealkylation sites (N-methyl/N-ethyl adjacent to an activating group) is 1. The Morgan fingerprint density at radius 3 is 2.44 bits per heavy atom. The molecule has 1 fully saturated rings. The Bertz CT molecular complexity index is 339. The van der Waals surface area contributed by atoms with Gasteiger partial charge in [-0.2, -0.15) is 0 Å². The molecule has 0 atom stereocenters. The lowest BCUT2D eigenvalue weighted by molar-refractivity contribution is 0.310. The zero-order valence-electron chi connectivity index (χ0n) is 10.1. The highest BCUT2D eigenvalue weighted by atomic mass is 15.4. The van der Waals surface area contributed by atoms with Gasteiger partial charge in [-0.3, -0.25) is 0 Å². The van der Waals surface area contributed by atoms with Crippen molar-refractivity contribution in [2.24, 2.45) is 12.8 Å². The van der Waals surface area contributed by atoms with Crippen LogP contribution in [-0.4, -0.2) is 59.4 Å². The number of hydrogen-bond donors (Lipinski definition) is 1. The van der Waals surface area contributed by atoms with E-state index in [4.69, 9.17) is 5.73 Å². The van der Waals surface area contributed by atoms with Crippen molar-refractivity contribution in [2.45, 2.75) is 6.42 Å². The second-order valence-electron chi connectivity index (χ2n) is 4.30. The van der Waals surface area contributed by atoms with Crippen molar-refractivity contribution >= 4 is 5.95 Å². The maximum absolute atomic E-state index is 5.53. The Morgan fingerprint density at radius 2 is 1.81 bits per heavy atom. The summed E-state index contributed by atoms with van der Waals surface area (Å²) in [4.78, 5) is 4.61. The highest BCUT2D eigenvalue weighted by Gasteiger charge is 2.19. The van der Waals surface area contributed by atoms with E-state index in [9.17, 15) is 0 Å². The second kappa shape index (κ2) is 4.80. The Morgan fingerprint density at radius 1 is 1.12 bits per heavy atom. The third-order valence-electron chi connectivity index (χ3n) is 3.10. The molecule has 0 aromatic carbocycles. The van der Waals surface area contributed by atoms with Crippen LogP contribution in [-0.2, 0) is 13.5 Å². The molecule has 2 heterocycles. The van der Waals surface area contributed by atoms with E-state index in [-0.39, 0.29) is 0 Å². The zero-order valence-corrected chi connectivity index (χ0v) is 10.1. The number of rotatable bonds is 3. The van der Waals surface area contributed by atoms with Crippen molar-refractivity contribution in [3.05, 3.63) is 5.82 Å². The molecule has 0 bridgehead atoms. The van der Waals surface area contributed by atoms with Gasteiger partial charge in [-0.05, 0) is 13.6 Å². The fraction of sp³-hybridized carbons (Fsp3) is 0.800. The number of hydrogen-bond acceptors (Lipinski definition) is 5. The molecule has 0 radical (unpaired) electrons. The quantitative estimate of drug-likeness (QED) is 0.718. The molecule has 0 aliphatic carbocycles. The van der Waals surface area contributed by atoms with Crippen LogP contribution in [0.25, 0.3) is 0 Å². The van der Waals surface area contributed by atoms with E-state index in [2.05, 4.69) is 31.6 Å². The maximum atomic E-state index is 5.53. The van der Waals surface area contributed by atoms with Gasteiger partial charge in [0.2, 0.25) is 5.95 Å². The molecule has 0 amide bonds. The van der Waals surface area contributed by atoms with E-state index in [0.29, 0.717) is 6.54 Å². The summed E-state index contributed by atoms with van der Waals surface area (Å²) in [5, 5.41) is 8.43. The summed E-state index contributed by atoms with van der Waals surface area (Å²) >= 11 is 0. The monoisotopic (exact) mass is 224 g/mol. The SMILES string of the molecule is CN1CCN(c2nnc(CCN)n2C)CC1. The van der Waals surface area contributed by atoms with Crippen molar-refractivity contribution in [3.8, 4) is 0 Å². The summed E-state index contributed by atoms with van der Waals surface area (Å²) in [5.74, 6) is 1.94. The first-order valence-corrected chi connectivity index (χ1v) is 5.74. The van der Waals surface area contributed by atoms with Crippen molar-refractivity contribution < 1.29 is 0 Å². The molecular weight excluding hydrogens is 204 g/mol. The van der Waals surface area contributed by atoms with Crippen LogP contribution in [0.2, 0.25) is 0 Å².